The Hall–Kier alpha value is -2.59. The molecule has 142 valence electrons. The quantitative estimate of drug-likeness (QED) is 0.641. The second-order valence-corrected chi connectivity index (χ2v) is 7.27. The maximum absolute atomic E-state index is 12.2. The molecule has 1 fully saturated rings. The van der Waals surface area contributed by atoms with Crippen molar-refractivity contribution in [3.05, 3.63) is 71.3 Å². The number of piperidine rings is 1. The standard InChI is InChI=1S/C23H27NO3/c1-17-15-24(12-11-22(17)19-9-6-10-21(25)14-19)16-20(23(26)27-2)13-18-7-4-3-5-8-18/h3-10,13-14,17,22,25H,11-12,15-16H2,1-2H3/b20-13+. The molecule has 2 aromatic carbocycles. The second kappa shape index (κ2) is 8.87. The third-order valence-electron chi connectivity index (χ3n) is 5.27. The van der Waals surface area contributed by atoms with Crippen molar-refractivity contribution in [2.24, 2.45) is 5.92 Å². The first-order valence-corrected chi connectivity index (χ1v) is 9.42. The summed E-state index contributed by atoms with van der Waals surface area (Å²) in [4.78, 5) is 14.6. The number of likely N-dealkylation sites (tertiary alicyclic amines) is 1. The van der Waals surface area contributed by atoms with Crippen molar-refractivity contribution in [3.63, 3.8) is 0 Å². The number of carbonyl (C=O) groups is 1. The van der Waals surface area contributed by atoms with Crippen LogP contribution >= 0.6 is 0 Å². The number of methoxy groups -OCH3 is 1. The molecule has 0 radical (unpaired) electrons. The van der Waals surface area contributed by atoms with Gasteiger partial charge >= 0.3 is 5.97 Å². The summed E-state index contributed by atoms with van der Waals surface area (Å²) in [6.45, 7) is 4.63. The normalized spacial score (nSPS) is 21.0. The number of nitrogens with zero attached hydrogens (tertiary/aromatic N) is 1. The Morgan fingerprint density at radius 2 is 2.00 bits per heavy atom. The Bertz CT molecular complexity index is 800. The van der Waals surface area contributed by atoms with Gasteiger partial charge in [0.25, 0.3) is 0 Å². The van der Waals surface area contributed by atoms with Crippen molar-refractivity contribution in [1.82, 2.24) is 4.90 Å². The van der Waals surface area contributed by atoms with Gasteiger partial charge in [0, 0.05) is 13.1 Å². The molecule has 4 nitrogen and oxygen atoms in total. The van der Waals surface area contributed by atoms with Gasteiger partial charge in [-0.1, -0.05) is 49.4 Å². The van der Waals surface area contributed by atoms with Gasteiger partial charge in [-0.15, -0.1) is 0 Å². The molecule has 0 bridgehead atoms. The van der Waals surface area contributed by atoms with Gasteiger partial charge in [0.2, 0.25) is 0 Å². The summed E-state index contributed by atoms with van der Waals surface area (Å²) in [5, 5.41) is 9.76. The van der Waals surface area contributed by atoms with E-state index in [1.165, 1.54) is 12.7 Å². The summed E-state index contributed by atoms with van der Waals surface area (Å²) in [7, 11) is 1.43. The fraction of sp³-hybridized carbons (Fsp3) is 0.348. The third kappa shape index (κ3) is 4.98. The van der Waals surface area contributed by atoms with E-state index in [0.29, 0.717) is 29.7 Å². The van der Waals surface area contributed by atoms with Crippen LogP contribution in [0.4, 0.5) is 0 Å². The summed E-state index contributed by atoms with van der Waals surface area (Å²) in [6, 6.07) is 17.4. The fourth-order valence-corrected chi connectivity index (χ4v) is 3.92. The summed E-state index contributed by atoms with van der Waals surface area (Å²) < 4.78 is 4.99. The first kappa shape index (κ1) is 19.2. The van der Waals surface area contributed by atoms with E-state index in [1.54, 1.807) is 6.07 Å². The van der Waals surface area contributed by atoms with Crippen LogP contribution < -0.4 is 0 Å². The molecule has 0 saturated carbocycles. The Morgan fingerprint density at radius 3 is 2.67 bits per heavy atom. The average molecular weight is 365 g/mol. The summed E-state index contributed by atoms with van der Waals surface area (Å²) in [5.74, 6) is 0.909. The predicted octanol–water partition coefficient (Wildman–Crippen LogP) is 4.07. The van der Waals surface area contributed by atoms with Crippen LogP contribution in [0, 0.1) is 5.92 Å². The molecule has 0 amide bonds. The monoisotopic (exact) mass is 365 g/mol. The van der Waals surface area contributed by atoms with Crippen LogP contribution in [0.1, 0.15) is 30.4 Å². The molecule has 0 spiro atoms. The molecule has 1 heterocycles. The van der Waals surface area contributed by atoms with Crippen LogP contribution in [0.25, 0.3) is 6.08 Å². The first-order chi connectivity index (χ1) is 13.1. The number of phenolic OH excluding ortho intramolecular Hbond substituents is 1. The van der Waals surface area contributed by atoms with Crippen molar-refractivity contribution >= 4 is 12.0 Å². The average Bonchev–Trinajstić information content (AvgIpc) is 2.68. The lowest BCUT2D eigenvalue weighted by molar-refractivity contribution is -0.136. The van der Waals surface area contributed by atoms with Crippen molar-refractivity contribution in [3.8, 4) is 5.75 Å². The van der Waals surface area contributed by atoms with E-state index in [-0.39, 0.29) is 5.97 Å². The van der Waals surface area contributed by atoms with Crippen LogP contribution in [0.2, 0.25) is 0 Å². The highest BCUT2D eigenvalue weighted by Gasteiger charge is 2.28. The number of aromatic hydroxyl groups is 1. The Kier molecular flexibility index (Phi) is 6.30. The summed E-state index contributed by atoms with van der Waals surface area (Å²) in [6.07, 6.45) is 2.92. The lowest BCUT2D eigenvalue weighted by Gasteiger charge is -2.37. The van der Waals surface area contributed by atoms with E-state index in [2.05, 4.69) is 17.9 Å². The smallest absolute Gasteiger partial charge is 0.335 e. The van der Waals surface area contributed by atoms with Crippen molar-refractivity contribution in [1.29, 1.82) is 0 Å². The lowest BCUT2D eigenvalue weighted by Crippen LogP contribution is -2.40. The molecule has 4 heteroatoms. The molecule has 2 unspecified atom stereocenters. The zero-order valence-electron chi connectivity index (χ0n) is 16.0. The minimum Gasteiger partial charge on any atom is -0.508 e. The highest BCUT2D eigenvalue weighted by molar-refractivity contribution is 5.94. The molecule has 2 aromatic rings. The molecule has 1 aliphatic heterocycles. The van der Waals surface area contributed by atoms with Gasteiger partial charge in [0.15, 0.2) is 0 Å². The lowest BCUT2D eigenvalue weighted by atomic mass is 9.81. The van der Waals surface area contributed by atoms with Crippen LogP contribution in [-0.2, 0) is 9.53 Å². The Labute approximate surface area is 161 Å². The maximum Gasteiger partial charge on any atom is 0.335 e. The third-order valence-corrected chi connectivity index (χ3v) is 5.27. The fourth-order valence-electron chi connectivity index (χ4n) is 3.92. The van der Waals surface area contributed by atoms with E-state index in [4.69, 9.17) is 4.74 Å². The highest BCUT2D eigenvalue weighted by Crippen LogP contribution is 2.34. The number of phenols is 1. The summed E-state index contributed by atoms with van der Waals surface area (Å²) in [5.41, 5.74) is 2.86. The van der Waals surface area contributed by atoms with E-state index < -0.39 is 0 Å². The molecule has 1 saturated heterocycles. The minimum absolute atomic E-state index is 0.276. The molecule has 0 aromatic heterocycles. The van der Waals surface area contributed by atoms with Gasteiger partial charge in [-0.05, 0) is 54.1 Å². The van der Waals surface area contributed by atoms with Crippen LogP contribution in [0.15, 0.2) is 60.2 Å². The number of ether oxygens (including phenoxy) is 1. The van der Waals surface area contributed by atoms with Gasteiger partial charge in [0.1, 0.15) is 5.75 Å². The highest BCUT2D eigenvalue weighted by atomic mass is 16.5. The predicted molar refractivity (Wildman–Crippen MR) is 108 cm³/mol. The van der Waals surface area contributed by atoms with E-state index in [0.717, 1.165) is 25.1 Å². The number of hydrogen-bond donors (Lipinski definition) is 1. The molecular weight excluding hydrogens is 338 g/mol. The van der Waals surface area contributed by atoms with Gasteiger partial charge in [-0.25, -0.2) is 4.79 Å². The number of rotatable bonds is 5. The Balaban J connectivity index is 1.70. The van der Waals surface area contributed by atoms with Crippen LogP contribution in [-0.4, -0.2) is 42.7 Å². The topological polar surface area (TPSA) is 49.8 Å². The number of hydrogen-bond acceptors (Lipinski definition) is 4. The number of esters is 1. The molecule has 0 aliphatic carbocycles. The van der Waals surface area contributed by atoms with Crippen LogP contribution in [0.5, 0.6) is 5.75 Å². The van der Waals surface area contributed by atoms with Crippen LogP contribution in [0.3, 0.4) is 0 Å². The molecule has 2 atom stereocenters. The van der Waals surface area contributed by atoms with E-state index in [1.807, 2.05) is 48.5 Å². The summed E-state index contributed by atoms with van der Waals surface area (Å²) >= 11 is 0. The zero-order chi connectivity index (χ0) is 19.2. The molecule has 1 N–H and O–H groups in total. The number of carbonyl (C=O) groups excluding carboxylic acids is 1. The Morgan fingerprint density at radius 1 is 1.22 bits per heavy atom. The largest absolute Gasteiger partial charge is 0.508 e. The molecule has 27 heavy (non-hydrogen) atoms. The van der Waals surface area contributed by atoms with Crippen molar-refractivity contribution in [2.75, 3.05) is 26.7 Å². The zero-order valence-corrected chi connectivity index (χ0v) is 16.0. The SMILES string of the molecule is COC(=O)/C(=C/c1ccccc1)CN1CCC(c2cccc(O)c2)C(C)C1. The molecular formula is C23H27NO3. The van der Waals surface area contributed by atoms with Gasteiger partial charge in [0.05, 0.1) is 12.7 Å². The van der Waals surface area contributed by atoms with Crippen molar-refractivity contribution < 1.29 is 14.6 Å². The van der Waals surface area contributed by atoms with Gasteiger partial charge in [-0.3, -0.25) is 4.90 Å². The van der Waals surface area contributed by atoms with Crippen molar-refractivity contribution in [2.45, 2.75) is 19.3 Å². The first-order valence-electron chi connectivity index (χ1n) is 9.42. The molecule has 3 rings (SSSR count). The number of benzene rings is 2. The minimum atomic E-state index is -0.276. The second-order valence-electron chi connectivity index (χ2n) is 7.27. The van der Waals surface area contributed by atoms with E-state index >= 15 is 0 Å². The van der Waals surface area contributed by atoms with E-state index in [9.17, 15) is 9.90 Å². The van der Waals surface area contributed by atoms with Gasteiger partial charge in [-0.2, -0.15) is 0 Å². The maximum atomic E-state index is 12.2. The molecule has 1 aliphatic rings. The van der Waals surface area contributed by atoms with Gasteiger partial charge < -0.3 is 9.84 Å².